The lowest BCUT2D eigenvalue weighted by molar-refractivity contribution is -0.385. The maximum Gasteiger partial charge on any atom is 0.282 e. The summed E-state index contributed by atoms with van der Waals surface area (Å²) < 4.78 is 1.37. The topological polar surface area (TPSA) is 122 Å². The molecule has 0 aliphatic carbocycles. The second-order valence-corrected chi connectivity index (χ2v) is 6.10. The van der Waals surface area contributed by atoms with E-state index in [4.69, 9.17) is 0 Å². The van der Waals surface area contributed by atoms with E-state index in [2.05, 4.69) is 15.6 Å². The van der Waals surface area contributed by atoms with E-state index in [0.717, 1.165) is 5.56 Å². The molecule has 9 nitrogen and oxygen atoms in total. The lowest BCUT2D eigenvalue weighted by Crippen LogP contribution is -2.21. The Morgan fingerprint density at radius 3 is 2.54 bits per heavy atom. The number of carbonyl (C=O) groups is 1. The normalized spacial score (nSPS) is 10.9. The Kier molecular flexibility index (Phi) is 5.16. The maximum atomic E-state index is 12.6. The minimum atomic E-state index is -0.740. The Bertz CT molecular complexity index is 1130. The molecule has 1 heterocycles. The fourth-order valence-electron chi connectivity index (χ4n) is 2.63. The molecule has 142 valence electrons. The number of aryl methyl sites for hydroxylation is 2. The third-order valence-electron chi connectivity index (χ3n) is 4.11. The van der Waals surface area contributed by atoms with Gasteiger partial charge in [-0.1, -0.05) is 29.8 Å². The molecule has 28 heavy (non-hydrogen) atoms. The van der Waals surface area contributed by atoms with Crippen molar-refractivity contribution in [2.24, 2.45) is 5.10 Å². The van der Waals surface area contributed by atoms with E-state index >= 15 is 0 Å². The zero-order valence-corrected chi connectivity index (χ0v) is 15.2. The van der Waals surface area contributed by atoms with Crippen molar-refractivity contribution in [3.05, 3.63) is 91.4 Å². The number of aromatic amines is 1. The number of nitrogens with one attached hydrogen (secondary N) is 2. The van der Waals surface area contributed by atoms with Crippen LogP contribution in [0.1, 0.15) is 27.2 Å². The molecule has 0 saturated carbocycles. The van der Waals surface area contributed by atoms with Crippen LogP contribution in [0.15, 0.2) is 58.4 Å². The molecule has 2 N–H and O–H groups in total. The van der Waals surface area contributed by atoms with Gasteiger partial charge in [-0.15, -0.1) is 0 Å². The molecule has 0 spiro atoms. The van der Waals surface area contributed by atoms with Gasteiger partial charge in [0.2, 0.25) is 0 Å². The summed E-state index contributed by atoms with van der Waals surface area (Å²) in [5, 5.41) is 17.7. The summed E-state index contributed by atoms with van der Waals surface area (Å²) in [7, 11) is 0. The Morgan fingerprint density at radius 1 is 1.18 bits per heavy atom. The molecular weight excluding hydrogens is 362 g/mol. The lowest BCUT2D eigenvalue weighted by Gasteiger charge is -2.01. The number of hydrogen-bond acceptors (Lipinski definition) is 5. The van der Waals surface area contributed by atoms with Crippen LogP contribution in [-0.4, -0.2) is 26.8 Å². The number of aromatic nitrogens is 2. The number of hydrazone groups is 1. The van der Waals surface area contributed by atoms with Gasteiger partial charge in [0.15, 0.2) is 0 Å². The molecule has 0 aliphatic rings. The molecule has 0 fully saturated rings. The van der Waals surface area contributed by atoms with Gasteiger partial charge in [-0.3, -0.25) is 24.8 Å². The SMILES string of the molecule is Cc1ccc(-n2[nH]c(C)c(/C=N/NC(=O)c3ccccc3[N+](=O)[O-])c2=O)cc1. The summed E-state index contributed by atoms with van der Waals surface area (Å²) in [5.41, 5.74) is 4.02. The average molecular weight is 379 g/mol. The molecule has 0 aliphatic heterocycles. The van der Waals surface area contributed by atoms with Crippen LogP contribution >= 0.6 is 0 Å². The summed E-state index contributed by atoms with van der Waals surface area (Å²) in [6.07, 6.45) is 1.21. The van der Waals surface area contributed by atoms with Crippen molar-refractivity contribution >= 4 is 17.8 Å². The number of carbonyl (C=O) groups excluding carboxylic acids is 1. The number of rotatable bonds is 5. The molecule has 1 aromatic heterocycles. The van der Waals surface area contributed by atoms with E-state index in [1.165, 1.54) is 35.2 Å². The molecule has 0 atom stereocenters. The fourth-order valence-corrected chi connectivity index (χ4v) is 2.63. The van der Waals surface area contributed by atoms with E-state index in [9.17, 15) is 19.7 Å². The van der Waals surface area contributed by atoms with Gasteiger partial charge >= 0.3 is 0 Å². The second kappa shape index (κ2) is 7.70. The smallest absolute Gasteiger partial charge is 0.282 e. The van der Waals surface area contributed by atoms with Crippen LogP contribution in [-0.2, 0) is 0 Å². The lowest BCUT2D eigenvalue weighted by atomic mass is 10.2. The van der Waals surface area contributed by atoms with Gasteiger partial charge < -0.3 is 0 Å². The first kappa shape index (κ1) is 18.8. The number of para-hydroxylation sites is 1. The molecule has 3 rings (SSSR count). The van der Waals surface area contributed by atoms with Crippen LogP contribution in [0.3, 0.4) is 0 Å². The zero-order chi connectivity index (χ0) is 20.3. The van der Waals surface area contributed by atoms with Crippen LogP contribution in [0.2, 0.25) is 0 Å². The summed E-state index contributed by atoms with van der Waals surface area (Å²) >= 11 is 0. The van der Waals surface area contributed by atoms with E-state index in [1.54, 1.807) is 6.92 Å². The van der Waals surface area contributed by atoms with E-state index in [0.29, 0.717) is 11.4 Å². The van der Waals surface area contributed by atoms with Gasteiger partial charge in [0, 0.05) is 11.8 Å². The van der Waals surface area contributed by atoms with Crippen molar-refractivity contribution in [3.8, 4) is 5.69 Å². The molecule has 0 unspecified atom stereocenters. The maximum absolute atomic E-state index is 12.6. The standard InChI is InChI=1S/C19H17N5O4/c1-12-7-9-14(10-8-12)23-19(26)16(13(2)22-23)11-20-21-18(25)15-5-3-4-6-17(15)24(27)28/h3-11,22H,1-2H3,(H,21,25)/b20-11+. The van der Waals surface area contributed by atoms with Crippen LogP contribution in [0.5, 0.6) is 0 Å². The number of amides is 1. The van der Waals surface area contributed by atoms with Crippen molar-refractivity contribution in [3.63, 3.8) is 0 Å². The number of hydrogen-bond donors (Lipinski definition) is 2. The summed E-state index contributed by atoms with van der Waals surface area (Å²) in [6.45, 7) is 3.65. The first-order valence-corrected chi connectivity index (χ1v) is 8.34. The highest BCUT2D eigenvalue weighted by atomic mass is 16.6. The van der Waals surface area contributed by atoms with Crippen molar-refractivity contribution in [2.45, 2.75) is 13.8 Å². The minimum Gasteiger partial charge on any atom is -0.295 e. The van der Waals surface area contributed by atoms with E-state index < -0.39 is 10.8 Å². The fraction of sp³-hybridized carbons (Fsp3) is 0.105. The predicted molar refractivity (Wildman–Crippen MR) is 104 cm³/mol. The Balaban J connectivity index is 1.82. The molecule has 1 amide bonds. The molecule has 2 aromatic carbocycles. The highest BCUT2D eigenvalue weighted by Crippen LogP contribution is 2.17. The highest BCUT2D eigenvalue weighted by Gasteiger charge is 2.18. The third-order valence-corrected chi connectivity index (χ3v) is 4.11. The summed E-state index contributed by atoms with van der Waals surface area (Å²) in [5.74, 6) is -0.740. The Hall–Kier alpha value is -4.01. The summed E-state index contributed by atoms with van der Waals surface area (Å²) in [4.78, 5) is 35.1. The zero-order valence-electron chi connectivity index (χ0n) is 15.2. The molecule has 0 bridgehead atoms. The molecule has 0 saturated heterocycles. The Morgan fingerprint density at radius 2 is 1.86 bits per heavy atom. The first-order chi connectivity index (χ1) is 13.4. The molecule has 0 radical (unpaired) electrons. The number of nitro groups is 1. The number of H-pyrrole nitrogens is 1. The van der Waals surface area contributed by atoms with E-state index in [1.807, 2.05) is 31.2 Å². The van der Waals surface area contributed by atoms with Crippen LogP contribution < -0.4 is 11.0 Å². The van der Waals surface area contributed by atoms with Gasteiger partial charge in [0.05, 0.1) is 22.4 Å². The monoisotopic (exact) mass is 379 g/mol. The number of nitrogens with zero attached hydrogens (tertiary/aromatic N) is 3. The second-order valence-electron chi connectivity index (χ2n) is 6.10. The van der Waals surface area contributed by atoms with Gasteiger partial charge in [-0.05, 0) is 32.0 Å². The van der Waals surface area contributed by atoms with Crippen molar-refractivity contribution in [1.82, 2.24) is 15.2 Å². The number of nitro benzene ring substituents is 1. The number of benzene rings is 2. The van der Waals surface area contributed by atoms with E-state index in [-0.39, 0.29) is 22.4 Å². The van der Waals surface area contributed by atoms with Crippen molar-refractivity contribution in [2.75, 3.05) is 0 Å². The first-order valence-electron chi connectivity index (χ1n) is 8.34. The highest BCUT2D eigenvalue weighted by molar-refractivity contribution is 5.98. The van der Waals surface area contributed by atoms with Crippen LogP contribution in [0, 0.1) is 24.0 Å². The predicted octanol–water partition coefficient (Wildman–Crippen LogP) is 2.45. The largest absolute Gasteiger partial charge is 0.295 e. The van der Waals surface area contributed by atoms with Gasteiger partial charge in [-0.2, -0.15) is 5.10 Å². The van der Waals surface area contributed by atoms with Crippen LogP contribution in [0.4, 0.5) is 5.69 Å². The van der Waals surface area contributed by atoms with Crippen molar-refractivity contribution in [1.29, 1.82) is 0 Å². The molecule has 9 heteroatoms. The van der Waals surface area contributed by atoms with Gasteiger partial charge in [0.25, 0.3) is 17.2 Å². The minimum absolute atomic E-state index is 0.118. The van der Waals surface area contributed by atoms with Crippen LogP contribution in [0.25, 0.3) is 5.69 Å². The third kappa shape index (κ3) is 3.73. The molecular formula is C19H17N5O4. The Labute approximate surface area is 159 Å². The average Bonchev–Trinajstić information content (AvgIpc) is 2.96. The van der Waals surface area contributed by atoms with Gasteiger partial charge in [-0.25, -0.2) is 10.1 Å². The summed E-state index contributed by atoms with van der Waals surface area (Å²) in [6, 6.07) is 12.9. The quantitative estimate of drug-likeness (QED) is 0.401. The van der Waals surface area contributed by atoms with Crippen molar-refractivity contribution < 1.29 is 9.72 Å². The van der Waals surface area contributed by atoms with Gasteiger partial charge in [0.1, 0.15) is 5.56 Å². The molecule has 3 aromatic rings.